The minimum Gasteiger partial charge on any atom is -0.465 e. The zero-order chi connectivity index (χ0) is 16.9. The third-order valence-electron chi connectivity index (χ3n) is 4.83. The quantitative estimate of drug-likeness (QED) is 0.826. The Hall–Kier alpha value is -1.85. The van der Waals surface area contributed by atoms with E-state index in [0.29, 0.717) is 18.9 Å². The molecule has 0 radical (unpaired) electrons. The molecule has 0 aliphatic carbocycles. The molecule has 5 heteroatoms. The minimum atomic E-state index is -0.620. The van der Waals surface area contributed by atoms with Crippen LogP contribution in [0.15, 0.2) is 30.5 Å². The summed E-state index contributed by atoms with van der Waals surface area (Å²) in [4.78, 5) is 12.2. The maximum atomic E-state index is 12.2. The van der Waals surface area contributed by atoms with E-state index >= 15 is 0 Å². The summed E-state index contributed by atoms with van der Waals surface area (Å²) in [6.07, 6.45) is 5.55. The van der Waals surface area contributed by atoms with E-state index < -0.39 is 6.04 Å². The van der Waals surface area contributed by atoms with Gasteiger partial charge >= 0.3 is 5.97 Å². The van der Waals surface area contributed by atoms with E-state index in [4.69, 9.17) is 15.2 Å². The Morgan fingerprint density at radius 2 is 2.12 bits per heavy atom. The lowest BCUT2D eigenvalue weighted by molar-refractivity contribution is -0.145. The second kappa shape index (κ2) is 7.81. The van der Waals surface area contributed by atoms with Gasteiger partial charge in [-0.2, -0.15) is 0 Å². The third-order valence-corrected chi connectivity index (χ3v) is 4.83. The molecule has 1 fully saturated rings. The van der Waals surface area contributed by atoms with Crippen molar-refractivity contribution < 1.29 is 14.3 Å². The average molecular weight is 330 g/mol. The number of aryl methyl sites for hydroxylation is 1. The highest BCUT2D eigenvalue weighted by molar-refractivity contribution is 5.85. The van der Waals surface area contributed by atoms with Crippen molar-refractivity contribution in [2.24, 2.45) is 18.7 Å². The molecule has 5 nitrogen and oxygen atoms in total. The lowest BCUT2D eigenvalue weighted by Crippen LogP contribution is -2.34. The largest absolute Gasteiger partial charge is 0.465 e. The molecule has 0 amide bonds. The third kappa shape index (κ3) is 3.97. The second-order valence-electron chi connectivity index (χ2n) is 6.60. The molecular weight excluding hydrogens is 304 g/mol. The van der Waals surface area contributed by atoms with Crippen LogP contribution in [0.2, 0.25) is 0 Å². The molecule has 130 valence electrons. The predicted octanol–water partition coefficient (Wildman–Crippen LogP) is 2.41. The Balaban J connectivity index is 1.51. The molecule has 2 aromatic rings. The van der Waals surface area contributed by atoms with Gasteiger partial charge in [-0.15, -0.1) is 0 Å². The number of benzene rings is 1. The number of carbonyl (C=O) groups is 1. The molecule has 1 aliphatic rings. The molecule has 2 N–H and O–H groups in total. The summed E-state index contributed by atoms with van der Waals surface area (Å²) < 4.78 is 12.8. The van der Waals surface area contributed by atoms with Crippen LogP contribution in [0.25, 0.3) is 10.9 Å². The molecule has 24 heavy (non-hydrogen) atoms. The zero-order valence-electron chi connectivity index (χ0n) is 14.2. The fourth-order valence-corrected chi connectivity index (χ4v) is 3.38. The predicted molar refractivity (Wildman–Crippen MR) is 93.7 cm³/mol. The molecule has 0 unspecified atom stereocenters. The summed E-state index contributed by atoms with van der Waals surface area (Å²) in [5.74, 6) is 0.288. The summed E-state index contributed by atoms with van der Waals surface area (Å²) in [7, 11) is 2.00. The van der Waals surface area contributed by atoms with Crippen molar-refractivity contribution in [3.63, 3.8) is 0 Å². The molecule has 0 spiro atoms. The van der Waals surface area contributed by atoms with E-state index in [0.717, 1.165) is 48.9 Å². The first-order valence-corrected chi connectivity index (χ1v) is 8.68. The highest BCUT2D eigenvalue weighted by Gasteiger charge is 2.19. The fourth-order valence-electron chi connectivity index (χ4n) is 3.38. The van der Waals surface area contributed by atoms with Crippen molar-refractivity contribution in [2.75, 3.05) is 19.8 Å². The Labute approximate surface area is 142 Å². The van der Waals surface area contributed by atoms with E-state index in [1.807, 2.05) is 25.4 Å². The number of hydrogen-bond donors (Lipinski definition) is 1. The molecule has 0 bridgehead atoms. The number of ether oxygens (including phenoxy) is 2. The SMILES string of the molecule is Cn1cc(C[C@@H](N)C(=O)OCCC2CCOCC2)c2ccccc21. The normalized spacial score (nSPS) is 17.1. The van der Waals surface area contributed by atoms with Crippen LogP contribution in [0, 0.1) is 5.92 Å². The van der Waals surface area contributed by atoms with Gasteiger partial charge in [-0.3, -0.25) is 4.79 Å². The molecule has 1 atom stereocenters. The molecule has 1 aliphatic heterocycles. The van der Waals surface area contributed by atoms with Crippen LogP contribution in [-0.2, 0) is 27.7 Å². The van der Waals surface area contributed by atoms with E-state index in [1.54, 1.807) is 0 Å². The Morgan fingerprint density at radius 1 is 1.38 bits per heavy atom. The summed E-state index contributed by atoms with van der Waals surface area (Å²) in [5, 5.41) is 1.14. The number of para-hydroxylation sites is 1. The number of hydrogen-bond acceptors (Lipinski definition) is 4. The van der Waals surface area contributed by atoms with Crippen molar-refractivity contribution in [3.8, 4) is 0 Å². The van der Waals surface area contributed by atoms with E-state index in [9.17, 15) is 4.79 Å². The number of carbonyl (C=O) groups excluding carboxylic acids is 1. The van der Waals surface area contributed by atoms with Gasteiger partial charge in [0.05, 0.1) is 6.61 Å². The highest BCUT2D eigenvalue weighted by Crippen LogP contribution is 2.22. The monoisotopic (exact) mass is 330 g/mol. The molecule has 1 aromatic heterocycles. The van der Waals surface area contributed by atoms with Crippen molar-refractivity contribution in [2.45, 2.75) is 31.7 Å². The Morgan fingerprint density at radius 3 is 2.92 bits per heavy atom. The van der Waals surface area contributed by atoms with Gasteiger partial charge in [-0.1, -0.05) is 18.2 Å². The fraction of sp³-hybridized carbons (Fsp3) is 0.526. The van der Waals surface area contributed by atoms with E-state index in [-0.39, 0.29) is 5.97 Å². The maximum absolute atomic E-state index is 12.2. The molecular formula is C19H26N2O3. The van der Waals surface area contributed by atoms with Gasteiger partial charge in [0.25, 0.3) is 0 Å². The smallest absolute Gasteiger partial charge is 0.323 e. The van der Waals surface area contributed by atoms with Gasteiger partial charge < -0.3 is 19.8 Å². The molecule has 1 aromatic carbocycles. The van der Waals surface area contributed by atoms with Crippen LogP contribution in [0.1, 0.15) is 24.8 Å². The average Bonchev–Trinajstić information content (AvgIpc) is 2.92. The maximum Gasteiger partial charge on any atom is 0.323 e. The van der Waals surface area contributed by atoms with E-state index in [1.165, 1.54) is 0 Å². The summed E-state index contributed by atoms with van der Waals surface area (Å²) in [5.41, 5.74) is 8.30. The lowest BCUT2D eigenvalue weighted by atomic mass is 9.97. The first-order chi connectivity index (χ1) is 11.6. The summed E-state index contributed by atoms with van der Waals surface area (Å²) >= 11 is 0. The van der Waals surface area contributed by atoms with Crippen molar-refractivity contribution in [1.29, 1.82) is 0 Å². The molecule has 1 saturated heterocycles. The molecule has 2 heterocycles. The summed E-state index contributed by atoms with van der Waals surface area (Å²) in [6.45, 7) is 2.09. The van der Waals surface area contributed by atoms with Gasteiger partial charge in [-0.05, 0) is 36.8 Å². The van der Waals surface area contributed by atoms with Crippen LogP contribution in [0.4, 0.5) is 0 Å². The molecule has 0 saturated carbocycles. The van der Waals surface area contributed by atoms with Gasteiger partial charge in [0, 0.05) is 43.8 Å². The number of fused-ring (bicyclic) bond motifs is 1. The standard InChI is InChI=1S/C19H26N2O3/c1-21-13-15(16-4-2-3-5-18(16)21)12-17(20)19(22)24-11-8-14-6-9-23-10-7-14/h2-5,13-14,17H,6-12,20H2,1H3/t17-/m1/s1. The van der Waals surface area contributed by atoms with Gasteiger partial charge in [0.1, 0.15) is 6.04 Å². The lowest BCUT2D eigenvalue weighted by Gasteiger charge is -2.21. The minimum absolute atomic E-state index is 0.310. The van der Waals surface area contributed by atoms with Crippen LogP contribution in [0.5, 0.6) is 0 Å². The first kappa shape index (κ1) is 17.0. The highest BCUT2D eigenvalue weighted by atomic mass is 16.5. The first-order valence-electron chi connectivity index (χ1n) is 8.68. The van der Waals surface area contributed by atoms with Gasteiger partial charge in [0.2, 0.25) is 0 Å². The topological polar surface area (TPSA) is 66.5 Å². The van der Waals surface area contributed by atoms with Gasteiger partial charge in [-0.25, -0.2) is 0 Å². The van der Waals surface area contributed by atoms with Crippen molar-refractivity contribution >= 4 is 16.9 Å². The van der Waals surface area contributed by atoms with Gasteiger partial charge in [0.15, 0.2) is 0 Å². The van der Waals surface area contributed by atoms with Crippen molar-refractivity contribution in [3.05, 3.63) is 36.0 Å². The number of rotatable bonds is 6. The number of esters is 1. The van der Waals surface area contributed by atoms with Crippen LogP contribution >= 0.6 is 0 Å². The Kier molecular flexibility index (Phi) is 5.53. The number of aromatic nitrogens is 1. The second-order valence-corrected chi connectivity index (χ2v) is 6.60. The Bertz CT molecular complexity index is 689. The number of nitrogens with two attached hydrogens (primary N) is 1. The summed E-state index contributed by atoms with van der Waals surface area (Å²) in [6, 6.07) is 7.52. The van der Waals surface area contributed by atoms with Crippen LogP contribution in [-0.4, -0.2) is 36.4 Å². The molecule has 3 rings (SSSR count). The zero-order valence-corrected chi connectivity index (χ0v) is 14.2. The number of nitrogens with zero attached hydrogens (tertiary/aromatic N) is 1. The van der Waals surface area contributed by atoms with E-state index in [2.05, 4.69) is 16.7 Å². The van der Waals surface area contributed by atoms with Crippen molar-refractivity contribution in [1.82, 2.24) is 4.57 Å². The van der Waals surface area contributed by atoms with Crippen LogP contribution < -0.4 is 5.73 Å². The van der Waals surface area contributed by atoms with Crippen LogP contribution in [0.3, 0.4) is 0 Å².